The van der Waals surface area contributed by atoms with Gasteiger partial charge in [-0.3, -0.25) is 0 Å². The minimum Gasteiger partial charge on any atom is -0.492 e. The summed E-state index contributed by atoms with van der Waals surface area (Å²) in [5, 5.41) is 8.64. The second-order valence-corrected chi connectivity index (χ2v) is 3.62. The molecule has 0 bridgehead atoms. The molecule has 0 fully saturated rings. The Morgan fingerprint density at radius 3 is 2.54 bits per heavy atom. The zero-order valence-electron chi connectivity index (χ0n) is 7.11. The molecule has 0 saturated carbocycles. The van der Waals surface area contributed by atoms with E-state index in [1.54, 1.807) is 0 Å². The molecule has 1 rings (SSSR count). The molecule has 3 N–H and O–H groups in total. The highest BCUT2D eigenvalue weighted by molar-refractivity contribution is 9.10. The molecule has 0 aliphatic carbocycles. The van der Waals surface area contributed by atoms with Crippen molar-refractivity contribution in [3.8, 4) is 5.75 Å². The summed E-state index contributed by atoms with van der Waals surface area (Å²) in [6.07, 6.45) is 0. The molecule has 1 aromatic rings. The van der Waals surface area contributed by atoms with Crippen LogP contribution in [0.4, 0.5) is 0 Å². The lowest BCUT2D eigenvalue weighted by Gasteiger charge is -2.10. The molecule has 72 valence electrons. The lowest BCUT2D eigenvalue weighted by molar-refractivity contribution is 0.206. The molecular formula is C9H12BrNO2. The van der Waals surface area contributed by atoms with Gasteiger partial charge in [0.25, 0.3) is 0 Å². The monoisotopic (exact) mass is 245 g/mol. The van der Waals surface area contributed by atoms with Gasteiger partial charge in [-0.25, -0.2) is 0 Å². The average molecular weight is 246 g/mol. The fourth-order valence-corrected chi connectivity index (χ4v) is 1.05. The SMILES string of the molecule is NC(CO)COc1ccc(Br)cc1. The second kappa shape index (κ2) is 5.21. The lowest BCUT2D eigenvalue weighted by atomic mass is 10.3. The molecule has 4 heteroatoms. The van der Waals surface area contributed by atoms with Gasteiger partial charge in [0.2, 0.25) is 0 Å². The van der Waals surface area contributed by atoms with Crippen molar-refractivity contribution in [3.05, 3.63) is 28.7 Å². The standard InChI is InChI=1S/C9H12BrNO2/c10-7-1-3-9(4-2-7)13-6-8(11)5-12/h1-4,8,12H,5-6,11H2. The highest BCUT2D eigenvalue weighted by Gasteiger charge is 2.00. The number of aliphatic hydroxyl groups is 1. The maximum atomic E-state index is 8.64. The molecular weight excluding hydrogens is 234 g/mol. The minimum absolute atomic E-state index is 0.0590. The van der Waals surface area contributed by atoms with E-state index in [1.165, 1.54) is 0 Å². The summed E-state index contributed by atoms with van der Waals surface area (Å²) >= 11 is 3.32. The number of aliphatic hydroxyl groups excluding tert-OH is 1. The quantitative estimate of drug-likeness (QED) is 0.837. The van der Waals surface area contributed by atoms with Crippen LogP contribution in [0.3, 0.4) is 0 Å². The topological polar surface area (TPSA) is 55.5 Å². The van der Waals surface area contributed by atoms with Gasteiger partial charge in [0.15, 0.2) is 0 Å². The molecule has 0 spiro atoms. The summed E-state index contributed by atoms with van der Waals surface area (Å²) in [7, 11) is 0. The van der Waals surface area contributed by atoms with E-state index in [1.807, 2.05) is 24.3 Å². The van der Waals surface area contributed by atoms with Crippen LogP contribution < -0.4 is 10.5 Å². The van der Waals surface area contributed by atoms with Gasteiger partial charge in [-0.15, -0.1) is 0 Å². The molecule has 3 nitrogen and oxygen atoms in total. The first-order valence-electron chi connectivity index (χ1n) is 3.97. The van der Waals surface area contributed by atoms with Gasteiger partial charge in [0, 0.05) is 4.47 Å². The summed E-state index contributed by atoms with van der Waals surface area (Å²) in [6.45, 7) is 0.272. The van der Waals surface area contributed by atoms with E-state index in [0.29, 0.717) is 6.61 Å². The molecule has 0 saturated heterocycles. The fraction of sp³-hybridized carbons (Fsp3) is 0.333. The molecule has 0 heterocycles. The molecule has 1 aromatic carbocycles. The third-order valence-corrected chi connectivity index (χ3v) is 2.04. The number of rotatable bonds is 4. The van der Waals surface area contributed by atoms with Crippen molar-refractivity contribution in [3.63, 3.8) is 0 Å². The van der Waals surface area contributed by atoms with Crippen molar-refractivity contribution in [1.82, 2.24) is 0 Å². The third-order valence-electron chi connectivity index (χ3n) is 1.51. The molecule has 0 aliphatic heterocycles. The predicted octanol–water partition coefficient (Wildman–Crippen LogP) is 1.15. The number of nitrogens with two attached hydrogens (primary N) is 1. The normalized spacial score (nSPS) is 12.5. The maximum absolute atomic E-state index is 8.64. The van der Waals surface area contributed by atoms with E-state index < -0.39 is 0 Å². The predicted molar refractivity (Wildman–Crippen MR) is 54.7 cm³/mol. The van der Waals surface area contributed by atoms with Gasteiger partial charge in [-0.2, -0.15) is 0 Å². The average Bonchev–Trinajstić information content (AvgIpc) is 2.16. The van der Waals surface area contributed by atoms with Crippen molar-refractivity contribution in [2.45, 2.75) is 6.04 Å². The second-order valence-electron chi connectivity index (χ2n) is 2.71. The van der Waals surface area contributed by atoms with Crippen molar-refractivity contribution in [2.24, 2.45) is 5.73 Å². The number of ether oxygens (including phenoxy) is 1. The van der Waals surface area contributed by atoms with Gasteiger partial charge in [-0.1, -0.05) is 15.9 Å². The van der Waals surface area contributed by atoms with Crippen LogP contribution in [0.5, 0.6) is 5.75 Å². The van der Waals surface area contributed by atoms with Crippen LogP contribution in [0.15, 0.2) is 28.7 Å². The molecule has 0 aromatic heterocycles. The number of hydrogen-bond acceptors (Lipinski definition) is 3. The molecule has 13 heavy (non-hydrogen) atoms. The number of hydrogen-bond donors (Lipinski definition) is 2. The zero-order valence-corrected chi connectivity index (χ0v) is 8.70. The van der Waals surface area contributed by atoms with E-state index in [9.17, 15) is 0 Å². The van der Waals surface area contributed by atoms with E-state index in [0.717, 1.165) is 10.2 Å². The van der Waals surface area contributed by atoms with Crippen LogP contribution in [0.1, 0.15) is 0 Å². The van der Waals surface area contributed by atoms with Gasteiger partial charge >= 0.3 is 0 Å². The van der Waals surface area contributed by atoms with Crippen molar-refractivity contribution in [2.75, 3.05) is 13.2 Å². The van der Waals surface area contributed by atoms with E-state index in [4.69, 9.17) is 15.6 Å². The van der Waals surface area contributed by atoms with Crippen molar-refractivity contribution < 1.29 is 9.84 Å². The van der Waals surface area contributed by atoms with Crippen LogP contribution >= 0.6 is 15.9 Å². The number of benzene rings is 1. The van der Waals surface area contributed by atoms with Crippen molar-refractivity contribution >= 4 is 15.9 Å². The Balaban J connectivity index is 2.41. The van der Waals surface area contributed by atoms with Gasteiger partial charge in [0.1, 0.15) is 12.4 Å². The van der Waals surface area contributed by atoms with Crippen LogP contribution in [0, 0.1) is 0 Å². The zero-order chi connectivity index (χ0) is 9.68. The Morgan fingerprint density at radius 1 is 1.38 bits per heavy atom. The molecule has 1 atom stereocenters. The van der Waals surface area contributed by atoms with Crippen LogP contribution in [-0.4, -0.2) is 24.4 Å². The molecule has 1 unspecified atom stereocenters. The Bertz CT molecular complexity index is 250. The van der Waals surface area contributed by atoms with Crippen molar-refractivity contribution in [1.29, 1.82) is 0 Å². The largest absolute Gasteiger partial charge is 0.492 e. The van der Waals surface area contributed by atoms with Crippen LogP contribution in [0.2, 0.25) is 0 Å². The van der Waals surface area contributed by atoms with Gasteiger partial charge in [0.05, 0.1) is 12.6 Å². The Kier molecular flexibility index (Phi) is 4.21. The summed E-state index contributed by atoms with van der Waals surface area (Å²) in [6, 6.07) is 7.14. The van der Waals surface area contributed by atoms with Gasteiger partial charge < -0.3 is 15.6 Å². The highest BCUT2D eigenvalue weighted by atomic mass is 79.9. The fourth-order valence-electron chi connectivity index (χ4n) is 0.787. The summed E-state index contributed by atoms with van der Waals surface area (Å²) in [5.41, 5.74) is 5.47. The highest BCUT2D eigenvalue weighted by Crippen LogP contribution is 2.15. The Morgan fingerprint density at radius 2 is 2.00 bits per heavy atom. The van der Waals surface area contributed by atoms with E-state index in [-0.39, 0.29) is 12.6 Å². The first-order chi connectivity index (χ1) is 6.22. The van der Waals surface area contributed by atoms with Crippen LogP contribution in [-0.2, 0) is 0 Å². The molecule has 0 amide bonds. The van der Waals surface area contributed by atoms with Crippen LogP contribution in [0.25, 0.3) is 0 Å². The lowest BCUT2D eigenvalue weighted by Crippen LogP contribution is -2.31. The first-order valence-corrected chi connectivity index (χ1v) is 4.76. The maximum Gasteiger partial charge on any atom is 0.119 e. The smallest absolute Gasteiger partial charge is 0.119 e. The Labute approximate surface area is 85.6 Å². The molecule has 0 aliphatic rings. The first kappa shape index (κ1) is 10.5. The third kappa shape index (κ3) is 3.76. The summed E-state index contributed by atoms with van der Waals surface area (Å²) in [5.74, 6) is 0.757. The van der Waals surface area contributed by atoms with E-state index in [2.05, 4.69) is 15.9 Å². The number of halogens is 1. The van der Waals surface area contributed by atoms with Gasteiger partial charge in [-0.05, 0) is 24.3 Å². The minimum atomic E-state index is -0.316. The van der Waals surface area contributed by atoms with E-state index >= 15 is 0 Å². The summed E-state index contributed by atoms with van der Waals surface area (Å²) in [4.78, 5) is 0. The molecule has 0 radical (unpaired) electrons. The Hall–Kier alpha value is -0.580. The summed E-state index contributed by atoms with van der Waals surface area (Å²) < 4.78 is 6.31.